The molecule has 0 spiro atoms. The van der Waals surface area contributed by atoms with Crippen LogP contribution in [0.1, 0.15) is 45.0 Å². The molecule has 11 nitrogen and oxygen atoms in total. The number of carbonyl (C=O) groups excluding carboxylic acids is 3. The van der Waals surface area contributed by atoms with Crippen molar-refractivity contribution in [3.05, 3.63) is 101 Å². The van der Waals surface area contributed by atoms with Crippen LogP contribution in [0.5, 0.6) is 0 Å². The second kappa shape index (κ2) is 11.9. The molecule has 4 rings (SSSR count). The molecule has 12 heteroatoms. The van der Waals surface area contributed by atoms with Crippen molar-refractivity contribution in [3.63, 3.8) is 0 Å². The monoisotopic (exact) mass is 648 g/mol. The van der Waals surface area contributed by atoms with Crippen LogP contribution in [0.4, 0.5) is 0 Å². The smallest absolute Gasteiger partial charge is 0.338 e. The average Bonchev–Trinajstić information content (AvgIpc) is 3.21. The first kappa shape index (κ1) is 28.2. The van der Waals surface area contributed by atoms with E-state index in [2.05, 4.69) is 4.98 Å². The van der Waals surface area contributed by atoms with Crippen LogP contribution in [0.15, 0.2) is 64.3 Å². The molecule has 1 aliphatic heterocycles. The topological polar surface area (TPSA) is 143 Å². The van der Waals surface area contributed by atoms with Gasteiger partial charge in [-0.2, -0.15) is 0 Å². The summed E-state index contributed by atoms with van der Waals surface area (Å²) < 4.78 is 23.9. The molecule has 1 aromatic heterocycles. The highest BCUT2D eigenvalue weighted by Gasteiger charge is 2.51. The Kier molecular flexibility index (Phi) is 8.65. The van der Waals surface area contributed by atoms with E-state index in [4.69, 9.17) is 18.9 Å². The molecular formula is C27H25IN2O9. The minimum Gasteiger partial charge on any atom is -0.459 e. The van der Waals surface area contributed by atoms with Gasteiger partial charge in [-0.15, -0.1) is 0 Å². The zero-order valence-corrected chi connectivity index (χ0v) is 23.4. The number of aryl methyl sites for hydroxylation is 2. The molecule has 204 valence electrons. The molecule has 4 atom stereocenters. The number of rotatable bonds is 7. The van der Waals surface area contributed by atoms with E-state index in [1.807, 2.05) is 13.8 Å². The summed E-state index contributed by atoms with van der Waals surface area (Å²) >= 11 is 1.74. The molecule has 0 unspecified atom stereocenters. The second-order valence-corrected chi connectivity index (χ2v) is 10.1. The Morgan fingerprint density at radius 2 is 1.46 bits per heavy atom. The fraction of sp³-hybridized carbons (Fsp3) is 0.296. The minimum absolute atomic E-state index is 0.167. The molecule has 0 radical (unpaired) electrons. The lowest BCUT2D eigenvalue weighted by Gasteiger charge is -2.24. The number of hydrogen-bond acceptors (Lipinski definition) is 9. The van der Waals surface area contributed by atoms with Gasteiger partial charge in [0.25, 0.3) is 5.56 Å². The van der Waals surface area contributed by atoms with Crippen molar-refractivity contribution in [1.82, 2.24) is 9.55 Å². The third-order valence-corrected chi connectivity index (χ3v) is 6.75. The van der Waals surface area contributed by atoms with Gasteiger partial charge in [-0.05, 0) is 60.7 Å². The van der Waals surface area contributed by atoms with Crippen LogP contribution in [-0.4, -0.2) is 52.4 Å². The van der Waals surface area contributed by atoms with Gasteiger partial charge in [-0.25, -0.2) is 14.4 Å². The number of ether oxygens (including phenoxy) is 4. The summed E-state index contributed by atoms with van der Waals surface area (Å²) in [4.78, 5) is 64.5. The summed E-state index contributed by atoms with van der Waals surface area (Å²) in [5.74, 6) is -2.11. The predicted molar refractivity (Wildman–Crippen MR) is 145 cm³/mol. The number of nitrogens with zero attached hydrogens (tertiary/aromatic N) is 1. The zero-order valence-electron chi connectivity index (χ0n) is 21.2. The Labute approximate surface area is 236 Å². The van der Waals surface area contributed by atoms with E-state index in [1.165, 1.54) is 6.20 Å². The Morgan fingerprint density at radius 3 is 2.03 bits per heavy atom. The first-order valence-electron chi connectivity index (χ1n) is 11.9. The van der Waals surface area contributed by atoms with E-state index in [9.17, 15) is 24.0 Å². The lowest BCUT2D eigenvalue weighted by Crippen LogP contribution is -2.43. The molecule has 0 bridgehead atoms. The molecule has 2 aromatic carbocycles. The van der Waals surface area contributed by atoms with E-state index >= 15 is 0 Å². The van der Waals surface area contributed by atoms with Crippen molar-refractivity contribution in [2.24, 2.45) is 0 Å². The maximum atomic E-state index is 13.0. The third kappa shape index (κ3) is 6.63. The summed E-state index contributed by atoms with van der Waals surface area (Å²) in [5.41, 5.74) is 0.986. The zero-order chi connectivity index (χ0) is 28.3. The Hall–Kier alpha value is -3.78. The summed E-state index contributed by atoms with van der Waals surface area (Å²) in [6.45, 7) is 4.51. The van der Waals surface area contributed by atoms with E-state index in [1.54, 1.807) is 71.1 Å². The fourth-order valence-electron chi connectivity index (χ4n) is 3.99. The lowest BCUT2D eigenvalue weighted by molar-refractivity contribution is -0.156. The van der Waals surface area contributed by atoms with E-state index in [0.717, 1.165) is 22.6 Å². The third-order valence-electron chi connectivity index (χ3n) is 5.98. The molecular weight excluding hydrogens is 623 g/mol. The van der Waals surface area contributed by atoms with Crippen molar-refractivity contribution in [3.8, 4) is 0 Å². The molecule has 2 heterocycles. The number of benzene rings is 2. The van der Waals surface area contributed by atoms with E-state index in [0.29, 0.717) is 5.56 Å². The summed E-state index contributed by atoms with van der Waals surface area (Å²) in [5, 5.41) is 0. The minimum atomic E-state index is -1.31. The highest BCUT2D eigenvalue weighted by Crippen LogP contribution is 2.34. The van der Waals surface area contributed by atoms with Crippen molar-refractivity contribution in [1.29, 1.82) is 0 Å². The predicted octanol–water partition coefficient (Wildman–Crippen LogP) is 2.67. The van der Waals surface area contributed by atoms with Crippen molar-refractivity contribution in [2.45, 2.75) is 45.3 Å². The van der Waals surface area contributed by atoms with Gasteiger partial charge < -0.3 is 18.9 Å². The number of esters is 3. The van der Waals surface area contributed by atoms with Gasteiger partial charge in [-0.3, -0.25) is 19.1 Å². The quantitative estimate of drug-likeness (QED) is 0.233. The average molecular weight is 648 g/mol. The van der Waals surface area contributed by atoms with Crippen LogP contribution in [0.25, 0.3) is 0 Å². The molecule has 3 aromatic rings. The first-order chi connectivity index (χ1) is 18.5. The highest BCUT2D eigenvalue weighted by atomic mass is 127. The number of hydrogen-bond donors (Lipinski definition) is 1. The number of aromatic amines is 1. The van der Waals surface area contributed by atoms with Gasteiger partial charge in [0.15, 0.2) is 18.4 Å². The van der Waals surface area contributed by atoms with Gasteiger partial charge >= 0.3 is 23.6 Å². The van der Waals surface area contributed by atoms with E-state index < -0.39 is 53.7 Å². The van der Waals surface area contributed by atoms with Crippen molar-refractivity contribution in [2.75, 3.05) is 6.61 Å². The summed E-state index contributed by atoms with van der Waals surface area (Å²) in [7, 11) is 0. The molecule has 39 heavy (non-hydrogen) atoms. The molecule has 1 N–H and O–H groups in total. The molecule has 0 saturated carbocycles. The maximum Gasteiger partial charge on any atom is 0.338 e. The Balaban J connectivity index is 1.67. The molecule has 0 amide bonds. The summed E-state index contributed by atoms with van der Waals surface area (Å²) in [6.07, 6.45) is -3.76. The van der Waals surface area contributed by atoms with Gasteiger partial charge in [0.05, 0.1) is 14.7 Å². The fourth-order valence-corrected chi connectivity index (χ4v) is 4.42. The maximum absolute atomic E-state index is 13.0. The van der Waals surface area contributed by atoms with E-state index in [-0.39, 0.29) is 15.7 Å². The van der Waals surface area contributed by atoms with Gasteiger partial charge in [0, 0.05) is 13.1 Å². The van der Waals surface area contributed by atoms with Gasteiger partial charge in [0.2, 0.25) is 0 Å². The van der Waals surface area contributed by atoms with Gasteiger partial charge in [0.1, 0.15) is 12.7 Å². The van der Waals surface area contributed by atoms with Crippen molar-refractivity contribution < 1.29 is 33.3 Å². The molecule has 1 fully saturated rings. The number of carbonyl (C=O) groups is 3. The molecule has 0 aliphatic carbocycles. The van der Waals surface area contributed by atoms with Crippen LogP contribution in [0.3, 0.4) is 0 Å². The second-order valence-electron chi connectivity index (χ2n) is 8.98. The normalized spacial score (nSPS) is 20.3. The lowest BCUT2D eigenvalue weighted by atomic mass is 10.1. The largest absolute Gasteiger partial charge is 0.459 e. The molecule has 1 aliphatic rings. The highest BCUT2D eigenvalue weighted by molar-refractivity contribution is 14.1. The SMILES string of the molecule is CC(=O)O[C@H]1[C@@H](OC(=O)c2ccc(C)cc2)[C@H](COC(=O)c2ccc(C)cc2)O[C@H]1n1cc(I)c(=O)[nH]c1=O. The van der Waals surface area contributed by atoms with Crippen LogP contribution < -0.4 is 11.2 Å². The van der Waals surface area contributed by atoms with Crippen molar-refractivity contribution >= 4 is 40.5 Å². The number of aromatic nitrogens is 2. The van der Waals surface area contributed by atoms with Crippen LogP contribution in [0, 0.1) is 17.4 Å². The number of nitrogens with one attached hydrogen (secondary N) is 1. The van der Waals surface area contributed by atoms with Crippen LogP contribution in [-0.2, 0) is 23.7 Å². The van der Waals surface area contributed by atoms with Gasteiger partial charge in [-0.1, -0.05) is 35.4 Å². The first-order valence-corrected chi connectivity index (χ1v) is 13.0. The Bertz CT molecular complexity index is 1500. The number of halogens is 1. The molecule has 1 saturated heterocycles. The Morgan fingerprint density at radius 1 is 0.897 bits per heavy atom. The summed E-state index contributed by atoms with van der Waals surface area (Å²) in [6, 6.07) is 13.3. The standard InChI is InChI=1S/C27H25IN2O9/c1-14-4-8-17(9-5-14)25(33)36-13-20-21(39-26(34)18-10-6-15(2)7-11-18)22(37-16(3)31)24(38-20)30-12-19(28)23(32)29-27(30)35/h4-12,20-22,24H,13H2,1-3H3,(H,29,32,35)/t20-,21-,22-,24+/m0/s1. The van der Waals surface area contributed by atoms with Crippen LogP contribution in [0.2, 0.25) is 0 Å². The van der Waals surface area contributed by atoms with Crippen LogP contribution >= 0.6 is 22.6 Å². The number of H-pyrrole nitrogens is 1.